The standard InChI is InChI=1S/C15H26O/c1-12(2)6-5-7-14(4)15(16)10-8-13(3)9-11-15/h8,14,16H,1,5-7,9-11H2,2-4H3/t14-,15+/m1/s1. The summed E-state index contributed by atoms with van der Waals surface area (Å²) < 4.78 is 0. The van der Waals surface area contributed by atoms with E-state index in [-0.39, 0.29) is 0 Å². The maximum atomic E-state index is 10.6. The molecule has 0 spiro atoms. The lowest BCUT2D eigenvalue weighted by molar-refractivity contribution is -0.0243. The second-order valence-electron chi connectivity index (χ2n) is 5.61. The highest BCUT2D eigenvalue weighted by molar-refractivity contribution is 5.08. The number of aliphatic hydroxyl groups is 1. The molecule has 0 aromatic carbocycles. The van der Waals surface area contributed by atoms with Crippen molar-refractivity contribution in [2.45, 2.75) is 64.9 Å². The van der Waals surface area contributed by atoms with Gasteiger partial charge in [0.2, 0.25) is 0 Å². The first-order valence-corrected chi connectivity index (χ1v) is 6.46. The summed E-state index contributed by atoms with van der Waals surface area (Å²) in [5.41, 5.74) is 2.23. The van der Waals surface area contributed by atoms with E-state index >= 15 is 0 Å². The van der Waals surface area contributed by atoms with E-state index in [9.17, 15) is 5.11 Å². The molecular weight excluding hydrogens is 196 g/mol. The van der Waals surface area contributed by atoms with Crippen molar-refractivity contribution >= 4 is 0 Å². The molecule has 1 heteroatoms. The van der Waals surface area contributed by atoms with Crippen LogP contribution in [0, 0.1) is 5.92 Å². The van der Waals surface area contributed by atoms with E-state index < -0.39 is 5.60 Å². The molecule has 0 amide bonds. The highest BCUT2D eigenvalue weighted by Gasteiger charge is 2.33. The summed E-state index contributed by atoms with van der Waals surface area (Å²) in [5.74, 6) is 0.399. The van der Waals surface area contributed by atoms with Crippen LogP contribution in [0.15, 0.2) is 23.8 Å². The fraction of sp³-hybridized carbons (Fsp3) is 0.733. The molecule has 0 aromatic rings. The van der Waals surface area contributed by atoms with Gasteiger partial charge >= 0.3 is 0 Å². The van der Waals surface area contributed by atoms with Crippen LogP contribution in [0.25, 0.3) is 0 Å². The summed E-state index contributed by atoms with van der Waals surface area (Å²) >= 11 is 0. The average molecular weight is 222 g/mol. The molecule has 1 aliphatic rings. The minimum atomic E-state index is -0.450. The summed E-state index contributed by atoms with van der Waals surface area (Å²) in [4.78, 5) is 0. The lowest BCUT2D eigenvalue weighted by Gasteiger charge is -2.36. The van der Waals surface area contributed by atoms with Gasteiger partial charge in [-0.15, -0.1) is 6.58 Å². The summed E-state index contributed by atoms with van der Waals surface area (Å²) in [6.45, 7) is 10.3. The highest BCUT2D eigenvalue weighted by atomic mass is 16.3. The van der Waals surface area contributed by atoms with Crippen molar-refractivity contribution in [3.8, 4) is 0 Å². The molecule has 1 nitrogen and oxygen atoms in total. The first-order chi connectivity index (χ1) is 7.44. The Bertz CT molecular complexity index is 277. The zero-order valence-electron chi connectivity index (χ0n) is 11.1. The van der Waals surface area contributed by atoms with Gasteiger partial charge in [0, 0.05) is 0 Å². The van der Waals surface area contributed by atoms with Crippen molar-refractivity contribution in [2.24, 2.45) is 5.92 Å². The normalized spacial score (nSPS) is 27.4. The van der Waals surface area contributed by atoms with Gasteiger partial charge in [-0.3, -0.25) is 0 Å². The van der Waals surface area contributed by atoms with E-state index in [1.165, 1.54) is 11.1 Å². The summed E-state index contributed by atoms with van der Waals surface area (Å²) in [6, 6.07) is 0. The molecule has 0 bridgehead atoms. The quantitative estimate of drug-likeness (QED) is 0.690. The Balaban J connectivity index is 2.41. The molecule has 0 unspecified atom stereocenters. The molecule has 2 atom stereocenters. The van der Waals surface area contributed by atoms with Crippen LogP contribution < -0.4 is 0 Å². The zero-order valence-corrected chi connectivity index (χ0v) is 11.1. The van der Waals surface area contributed by atoms with Crippen LogP contribution in [0.2, 0.25) is 0 Å². The molecule has 0 radical (unpaired) electrons. The second-order valence-corrected chi connectivity index (χ2v) is 5.61. The van der Waals surface area contributed by atoms with Crippen molar-refractivity contribution in [3.63, 3.8) is 0 Å². The Morgan fingerprint density at radius 2 is 2.31 bits per heavy atom. The number of hydrogen-bond acceptors (Lipinski definition) is 1. The Kier molecular flexibility index (Phi) is 4.79. The molecule has 0 heterocycles. The van der Waals surface area contributed by atoms with E-state index in [4.69, 9.17) is 0 Å². The third-order valence-electron chi connectivity index (χ3n) is 3.91. The third kappa shape index (κ3) is 3.79. The Morgan fingerprint density at radius 3 is 2.81 bits per heavy atom. The molecule has 0 saturated carbocycles. The largest absolute Gasteiger partial charge is 0.389 e. The monoisotopic (exact) mass is 222 g/mol. The summed E-state index contributed by atoms with van der Waals surface area (Å²) in [5, 5.41) is 10.6. The smallest absolute Gasteiger partial charge is 0.0710 e. The van der Waals surface area contributed by atoms with Crippen LogP contribution >= 0.6 is 0 Å². The number of rotatable bonds is 5. The zero-order chi connectivity index (χ0) is 12.2. The average Bonchev–Trinajstić information content (AvgIpc) is 2.22. The fourth-order valence-corrected chi connectivity index (χ4v) is 2.40. The van der Waals surface area contributed by atoms with Gasteiger partial charge in [-0.1, -0.05) is 24.1 Å². The lowest BCUT2D eigenvalue weighted by atomic mass is 9.75. The van der Waals surface area contributed by atoms with Crippen molar-refractivity contribution in [1.29, 1.82) is 0 Å². The summed E-state index contributed by atoms with van der Waals surface area (Å²) in [6.07, 6.45) is 8.39. The number of hydrogen-bond donors (Lipinski definition) is 1. The molecule has 0 aromatic heterocycles. The topological polar surface area (TPSA) is 20.2 Å². The van der Waals surface area contributed by atoms with Crippen molar-refractivity contribution in [2.75, 3.05) is 0 Å². The molecule has 0 aliphatic heterocycles. The first-order valence-electron chi connectivity index (χ1n) is 6.46. The van der Waals surface area contributed by atoms with E-state index in [1.54, 1.807) is 0 Å². The lowest BCUT2D eigenvalue weighted by Crippen LogP contribution is -2.37. The Morgan fingerprint density at radius 1 is 1.62 bits per heavy atom. The third-order valence-corrected chi connectivity index (χ3v) is 3.91. The maximum absolute atomic E-state index is 10.6. The molecule has 1 rings (SSSR count). The summed E-state index contributed by atoms with van der Waals surface area (Å²) in [7, 11) is 0. The number of allylic oxidation sites excluding steroid dienone is 2. The van der Waals surface area contributed by atoms with Gasteiger partial charge in [0.15, 0.2) is 0 Å². The van der Waals surface area contributed by atoms with E-state index in [1.807, 2.05) is 0 Å². The first kappa shape index (κ1) is 13.5. The van der Waals surface area contributed by atoms with Gasteiger partial charge in [0.05, 0.1) is 5.60 Å². The second kappa shape index (κ2) is 5.67. The maximum Gasteiger partial charge on any atom is 0.0710 e. The van der Waals surface area contributed by atoms with Crippen molar-refractivity contribution in [1.82, 2.24) is 0 Å². The van der Waals surface area contributed by atoms with Gasteiger partial charge in [0.1, 0.15) is 0 Å². The Hall–Kier alpha value is -0.560. The molecule has 1 aliphatic carbocycles. The van der Waals surface area contributed by atoms with Crippen LogP contribution in [-0.4, -0.2) is 10.7 Å². The molecular formula is C15H26O. The van der Waals surface area contributed by atoms with Gasteiger partial charge in [-0.05, 0) is 58.3 Å². The van der Waals surface area contributed by atoms with Crippen molar-refractivity contribution < 1.29 is 5.11 Å². The fourth-order valence-electron chi connectivity index (χ4n) is 2.40. The molecule has 92 valence electrons. The minimum absolute atomic E-state index is 0.399. The van der Waals surface area contributed by atoms with Crippen LogP contribution in [0.1, 0.15) is 59.3 Å². The minimum Gasteiger partial charge on any atom is -0.389 e. The van der Waals surface area contributed by atoms with Gasteiger partial charge in [-0.2, -0.15) is 0 Å². The van der Waals surface area contributed by atoms with Gasteiger partial charge in [-0.25, -0.2) is 0 Å². The molecule has 0 fully saturated rings. The van der Waals surface area contributed by atoms with Crippen LogP contribution in [0.5, 0.6) is 0 Å². The predicted molar refractivity (Wildman–Crippen MR) is 70.4 cm³/mol. The predicted octanol–water partition coefficient (Wildman–Crippen LogP) is 4.23. The van der Waals surface area contributed by atoms with E-state index in [0.29, 0.717) is 5.92 Å². The van der Waals surface area contributed by atoms with Gasteiger partial charge < -0.3 is 5.11 Å². The SMILES string of the molecule is C=C(C)CCC[C@@H](C)[C@]1(O)CC=C(C)CC1. The molecule has 0 saturated heterocycles. The molecule has 1 N–H and O–H groups in total. The van der Waals surface area contributed by atoms with Crippen molar-refractivity contribution in [3.05, 3.63) is 23.8 Å². The van der Waals surface area contributed by atoms with Crippen LogP contribution in [0.3, 0.4) is 0 Å². The van der Waals surface area contributed by atoms with E-state index in [2.05, 4.69) is 33.4 Å². The van der Waals surface area contributed by atoms with E-state index in [0.717, 1.165) is 38.5 Å². The Labute approximate surface area is 100 Å². The highest BCUT2D eigenvalue weighted by Crippen LogP contribution is 2.35. The van der Waals surface area contributed by atoms with Crippen LogP contribution in [0.4, 0.5) is 0 Å². The molecule has 16 heavy (non-hydrogen) atoms. The van der Waals surface area contributed by atoms with Gasteiger partial charge in [0.25, 0.3) is 0 Å². The van der Waals surface area contributed by atoms with Crippen LogP contribution in [-0.2, 0) is 0 Å².